The van der Waals surface area contributed by atoms with Crippen LogP contribution in [-0.2, 0) is 4.79 Å². The van der Waals surface area contributed by atoms with Crippen LogP contribution < -0.4 is 5.32 Å². The molecule has 0 spiro atoms. The molecule has 0 aromatic heterocycles. The van der Waals surface area contributed by atoms with Crippen molar-refractivity contribution < 1.29 is 4.79 Å². The Balaban J connectivity index is 2.45. The van der Waals surface area contributed by atoms with Gasteiger partial charge in [-0.3, -0.25) is 9.79 Å². The highest BCUT2D eigenvalue weighted by atomic mass is 16.2. The molecule has 0 aromatic carbocycles. The van der Waals surface area contributed by atoms with Gasteiger partial charge in [-0.2, -0.15) is 0 Å². The molecule has 0 saturated carbocycles. The standard InChI is InChI=1S/C19H40N6O/c1-6-20-19(23(5)17-18(26)25(7-2)8-3)21-11-9-13-24-14-10-12-22(4)15-16-24/h6-17H2,1-5H3,(H,20,21). The van der Waals surface area contributed by atoms with Crippen molar-refractivity contribution in [2.24, 2.45) is 4.99 Å². The number of carbonyl (C=O) groups is 1. The molecule has 26 heavy (non-hydrogen) atoms. The average Bonchev–Trinajstić information content (AvgIpc) is 2.83. The van der Waals surface area contributed by atoms with Crippen LogP contribution in [0.2, 0.25) is 0 Å². The average molecular weight is 369 g/mol. The molecule has 1 amide bonds. The summed E-state index contributed by atoms with van der Waals surface area (Å²) in [6.07, 6.45) is 2.30. The molecule has 1 aliphatic rings. The van der Waals surface area contributed by atoms with E-state index in [1.54, 1.807) is 0 Å². The van der Waals surface area contributed by atoms with Crippen LogP contribution in [0.25, 0.3) is 0 Å². The highest BCUT2D eigenvalue weighted by Gasteiger charge is 2.15. The van der Waals surface area contributed by atoms with Crippen LogP contribution in [0.5, 0.6) is 0 Å². The second-order valence-corrected chi connectivity index (χ2v) is 7.01. The first-order chi connectivity index (χ1) is 12.5. The number of carbonyl (C=O) groups excluding carboxylic acids is 1. The lowest BCUT2D eigenvalue weighted by atomic mass is 10.3. The highest BCUT2D eigenvalue weighted by molar-refractivity contribution is 5.86. The van der Waals surface area contributed by atoms with E-state index in [1.165, 1.54) is 19.5 Å². The van der Waals surface area contributed by atoms with E-state index < -0.39 is 0 Å². The molecule has 0 bridgehead atoms. The van der Waals surface area contributed by atoms with Gasteiger partial charge in [-0.25, -0.2) is 0 Å². The molecule has 0 aromatic rings. The summed E-state index contributed by atoms with van der Waals surface area (Å²) in [4.78, 5) is 25.8. The Morgan fingerprint density at radius 1 is 1.12 bits per heavy atom. The van der Waals surface area contributed by atoms with Gasteiger partial charge >= 0.3 is 0 Å². The minimum Gasteiger partial charge on any atom is -0.357 e. The fourth-order valence-corrected chi connectivity index (χ4v) is 3.23. The van der Waals surface area contributed by atoms with E-state index in [1.807, 2.05) is 30.7 Å². The molecule has 0 atom stereocenters. The van der Waals surface area contributed by atoms with Gasteiger partial charge in [-0.15, -0.1) is 0 Å². The van der Waals surface area contributed by atoms with E-state index >= 15 is 0 Å². The zero-order valence-corrected chi connectivity index (χ0v) is 17.6. The van der Waals surface area contributed by atoms with Gasteiger partial charge in [-0.05, 0) is 60.3 Å². The van der Waals surface area contributed by atoms with Crippen molar-refractivity contribution >= 4 is 11.9 Å². The first kappa shape index (κ1) is 22.7. The van der Waals surface area contributed by atoms with E-state index in [2.05, 4.69) is 29.1 Å². The van der Waals surface area contributed by atoms with Gasteiger partial charge in [0.2, 0.25) is 5.91 Å². The molecular formula is C19H40N6O. The van der Waals surface area contributed by atoms with Crippen LogP contribution in [0.3, 0.4) is 0 Å². The Kier molecular flexibility index (Phi) is 11.3. The zero-order valence-electron chi connectivity index (χ0n) is 17.6. The number of guanidine groups is 1. The number of rotatable bonds is 9. The first-order valence-corrected chi connectivity index (χ1v) is 10.2. The van der Waals surface area contributed by atoms with Crippen molar-refractivity contribution in [1.29, 1.82) is 0 Å². The fourth-order valence-electron chi connectivity index (χ4n) is 3.23. The third kappa shape index (κ3) is 8.36. The van der Waals surface area contributed by atoms with E-state index in [0.29, 0.717) is 6.54 Å². The van der Waals surface area contributed by atoms with E-state index in [9.17, 15) is 4.79 Å². The fraction of sp³-hybridized carbons (Fsp3) is 0.895. The van der Waals surface area contributed by atoms with Crippen LogP contribution >= 0.6 is 0 Å². The molecule has 1 aliphatic heterocycles. The zero-order chi connectivity index (χ0) is 19.4. The molecule has 0 unspecified atom stereocenters. The number of likely N-dealkylation sites (N-methyl/N-ethyl adjacent to an activating group) is 3. The summed E-state index contributed by atoms with van der Waals surface area (Å²) in [6.45, 7) is 15.3. The number of nitrogens with zero attached hydrogens (tertiary/aromatic N) is 5. The van der Waals surface area contributed by atoms with Gasteiger partial charge < -0.3 is 24.9 Å². The predicted octanol–water partition coefficient (Wildman–Crippen LogP) is 0.780. The lowest BCUT2D eigenvalue weighted by molar-refractivity contribution is -0.131. The number of amides is 1. The Morgan fingerprint density at radius 2 is 1.85 bits per heavy atom. The van der Waals surface area contributed by atoms with Gasteiger partial charge in [-0.1, -0.05) is 0 Å². The Hall–Kier alpha value is -1.34. The molecule has 1 heterocycles. The van der Waals surface area contributed by atoms with Crippen LogP contribution in [0.1, 0.15) is 33.6 Å². The maximum absolute atomic E-state index is 12.3. The van der Waals surface area contributed by atoms with Gasteiger partial charge in [0.25, 0.3) is 0 Å². The maximum atomic E-state index is 12.3. The summed E-state index contributed by atoms with van der Waals surface area (Å²) in [6, 6.07) is 0. The Morgan fingerprint density at radius 3 is 2.50 bits per heavy atom. The molecule has 1 fully saturated rings. The van der Waals surface area contributed by atoms with Crippen molar-refractivity contribution in [3.05, 3.63) is 0 Å². The van der Waals surface area contributed by atoms with Crippen molar-refractivity contribution in [2.45, 2.75) is 33.6 Å². The largest absolute Gasteiger partial charge is 0.357 e. The van der Waals surface area contributed by atoms with E-state index in [4.69, 9.17) is 4.99 Å². The summed E-state index contributed by atoms with van der Waals surface area (Å²) in [5, 5.41) is 3.30. The molecule has 1 rings (SSSR count). The van der Waals surface area contributed by atoms with E-state index in [-0.39, 0.29) is 5.91 Å². The molecule has 1 N–H and O–H groups in total. The van der Waals surface area contributed by atoms with Crippen LogP contribution in [-0.4, -0.2) is 111 Å². The van der Waals surface area contributed by atoms with Crippen molar-refractivity contribution in [3.63, 3.8) is 0 Å². The monoisotopic (exact) mass is 368 g/mol. The molecule has 7 nitrogen and oxygen atoms in total. The molecule has 152 valence electrons. The van der Waals surface area contributed by atoms with Gasteiger partial charge in [0.15, 0.2) is 5.96 Å². The number of hydrogen-bond acceptors (Lipinski definition) is 4. The van der Waals surface area contributed by atoms with Crippen LogP contribution in [0.4, 0.5) is 0 Å². The SMILES string of the molecule is CCNC(=NCCCN1CCCN(C)CC1)N(C)CC(=O)N(CC)CC. The normalized spacial score (nSPS) is 17.0. The summed E-state index contributed by atoms with van der Waals surface area (Å²) < 4.78 is 0. The molecule has 0 radical (unpaired) electrons. The van der Waals surface area contributed by atoms with Crippen molar-refractivity contribution in [1.82, 2.24) is 24.9 Å². The molecule has 0 aliphatic carbocycles. The quantitative estimate of drug-likeness (QED) is 0.370. The third-order valence-electron chi connectivity index (χ3n) is 4.89. The topological polar surface area (TPSA) is 54.4 Å². The maximum Gasteiger partial charge on any atom is 0.242 e. The summed E-state index contributed by atoms with van der Waals surface area (Å²) >= 11 is 0. The van der Waals surface area contributed by atoms with Gasteiger partial charge in [0, 0.05) is 46.3 Å². The Bertz CT molecular complexity index is 424. The van der Waals surface area contributed by atoms with Crippen LogP contribution in [0.15, 0.2) is 4.99 Å². The van der Waals surface area contributed by atoms with Crippen molar-refractivity contribution in [2.75, 3.05) is 79.5 Å². The summed E-state index contributed by atoms with van der Waals surface area (Å²) in [7, 11) is 4.14. The number of nitrogens with one attached hydrogen (secondary N) is 1. The minimum absolute atomic E-state index is 0.150. The molecular weight excluding hydrogens is 328 g/mol. The third-order valence-corrected chi connectivity index (χ3v) is 4.89. The highest BCUT2D eigenvalue weighted by Crippen LogP contribution is 2.02. The lowest BCUT2D eigenvalue weighted by Gasteiger charge is -2.25. The minimum atomic E-state index is 0.150. The second kappa shape index (κ2) is 12.9. The van der Waals surface area contributed by atoms with Gasteiger partial charge in [0.1, 0.15) is 0 Å². The number of aliphatic imine (C=N–C) groups is 1. The molecule has 7 heteroatoms. The van der Waals surface area contributed by atoms with E-state index in [0.717, 1.165) is 58.2 Å². The number of hydrogen-bond donors (Lipinski definition) is 1. The van der Waals surface area contributed by atoms with Gasteiger partial charge in [0.05, 0.1) is 6.54 Å². The summed E-state index contributed by atoms with van der Waals surface area (Å²) in [5.41, 5.74) is 0. The predicted molar refractivity (Wildman–Crippen MR) is 110 cm³/mol. The first-order valence-electron chi connectivity index (χ1n) is 10.2. The second-order valence-electron chi connectivity index (χ2n) is 7.01. The lowest BCUT2D eigenvalue weighted by Crippen LogP contribution is -2.45. The smallest absolute Gasteiger partial charge is 0.242 e. The van der Waals surface area contributed by atoms with Crippen LogP contribution in [0, 0.1) is 0 Å². The van der Waals surface area contributed by atoms with Crippen molar-refractivity contribution in [3.8, 4) is 0 Å². The Labute approximate surface area is 160 Å². The molecule has 1 saturated heterocycles. The summed E-state index contributed by atoms with van der Waals surface area (Å²) in [5.74, 6) is 0.973.